The molecule has 0 unspecified atom stereocenters. The van der Waals surface area contributed by atoms with E-state index in [-0.39, 0.29) is 22.3 Å². The minimum absolute atomic E-state index is 0.0345. The molecule has 4 rings (SSSR count). The Morgan fingerprint density at radius 1 is 1.15 bits per heavy atom. The second-order valence-corrected chi connectivity index (χ2v) is 10.6. The number of hydrogen-bond acceptors (Lipinski definition) is 6. The molecule has 3 aromatic rings. The van der Waals surface area contributed by atoms with E-state index in [0.717, 1.165) is 17.7 Å². The Kier molecular flexibility index (Phi) is 6.46. The summed E-state index contributed by atoms with van der Waals surface area (Å²) in [6.45, 7) is 0.648. The smallest absolute Gasteiger partial charge is 0.387 e. The number of alkyl halides is 2. The monoisotopic (exact) mass is 493 g/mol. The molecule has 11 heteroatoms. The summed E-state index contributed by atoms with van der Waals surface area (Å²) in [6, 6.07) is 10.4. The lowest BCUT2D eigenvalue weighted by Crippen LogP contribution is -2.26. The van der Waals surface area contributed by atoms with Gasteiger partial charge in [0.15, 0.2) is 5.13 Å². The largest absolute Gasteiger partial charge is 0.435 e. The summed E-state index contributed by atoms with van der Waals surface area (Å²) in [5.41, 5.74) is 2.14. The summed E-state index contributed by atoms with van der Waals surface area (Å²) in [5, 5.41) is 3.07. The van der Waals surface area contributed by atoms with Crippen molar-refractivity contribution in [1.29, 1.82) is 0 Å². The fourth-order valence-electron chi connectivity index (χ4n) is 3.18. The molecule has 174 valence electrons. The third kappa shape index (κ3) is 5.55. The van der Waals surface area contributed by atoms with Gasteiger partial charge >= 0.3 is 6.61 Å². The number of halogens is 2. The van der Waals surface area contributed by atoms with Gasteiger partial charge in [0.2, 0.25) is 10.0 Å². The number of nitrogens with one attached hydrogen (secondary N) is 2. The molecule has 1 heterocycles. The number of thiazole rings is 1. The molecule has 2 N–H and O–H groups in total. The van der Waals surface area contributed by atoms with Crippen molar-refractivity contribution in [2.24, 2.45) is 0 Å². The van der Waals surface area contributed by atoms with Gasteiger partial charge in [0.1, 0.15) is 5.75 Å². The molecule has 2 aromatic carbocycles. The molecule has 0 radical (unpaired) electrons. The highest BCUT2D eigenvalue weighted by Gasteiger charge is 2.28. The van der Waals surface area contributed by atoms with Gasteiger partial charge in [-0.15, -0.1) is 11.3 Å². The van der Waals surface area contributed by atoms with Crippen molar-refractivity contribution in [2.45, 2.75) is 44.2 Å². The number of amides is 1. The van der Waals surface area contributed by atoms with E-state index in [9.17, 15) is 22.0 Å². The number of aromatic nitrogens is 1. The fraction of sp³-hybridized carbons (Fsp3) is 0.273. The van der Waals surface area contributed by atoms with Gasteiger partial charge in [-0.2, -0.15) is 8.78 Å². The lowest BCUT2D eigenvalue weighted by Gasteiger charge is -2.10. The number of carbonyl (C=O) groups is 1. The van der Waals surface area contributed by atoms with E-state index in [4.69, 9.17) is 0 Å². The molecule has 1 saturated carbocycles. The van der Waals surface area contributed by atoms with Gasteiger partial charge in [0, 0.05) is 22.0 Å². The number of nitrogens with zero attached hydrogens (tertiary/aromatic N) is 1. The first-order valence-corrected chi connectivity index (χ1v) is 12.4. The van der Waals surface area contributed by atoms with Gasteiger partial charge in [-0.1, -0.05) is 6.07 Å². The predicted octanol–water partition coefficient (Wildman–Crippen LogP) is 4.72. The quantitative estimate of drug-likeness (QED) is 0.473. The van der Waals surface area contributed by atoms with Crippen molar-refractivity contribution < 1.29 is 26.7 Å². The van der Waals surface area contributed by atoms with Crippen LogP contribution in [0, 0.1) is 13.8 Å². The molecule has 0 atom stereocenters. The number of aryl methyl sites for hydroxylation is 2. The Morgan fingerprint density at radius 2 is 1.85 bits per heavy atom. The molecule has 0 bridgehead atoms. The molecule has 1 aliphatic rings. The summed E-state index contributed by atoms with van der Waals surface area (Å²) in [4.78, 5) is 18.2. The lowest BCUT2D eigenvalue weighted by molar-refractivity contribution is -0.0498. The number of hydrogen-bond donors (Lipinski definition) is 2. The Labute approximate surface area is 193 Å². The minimum atomic E-state index is -3.69. The van der Waals surface area contributed by atoms with Crippen LogP contribution in [-0.4, -0.2) is 32.0 Å². The highest BCUT2D eigenvalue weighted by molar-refractivity contribution is 7.89. The standard InChI is InChI=1S/C22H21F2N3O4S2/c1-12-3-10-17(33(29,30)27-15-6-7-15)11-18(12)20(28)26-22-25-19(13(2)32-22)14-4-8-16(9-5-14)31-21(23)24/h3-5,8-11,15,21,27H,6-7H2,1-2H3,(H,25,26,28). The van der Waals surface area contributed by atoms with Crippen LogP contribution in [0.5, 0.6) is 5.75 Å². The van der Waals surface area contributed by atoms with E-state index in [1.165, 1.54) is 35.6 Å². The topological polar surface area (TPSA) is 97.4 Å². The number of sulfonamides is 1. The van der Waals surface area contributed by atoms with Crippen LogP contribution in [-0.2, 0) is 10.0 Å². The second-order valence-electron chi connectivity index (χ2n) is 7.65. The third-order valence-corrected chi connectivity index (χ3v) is 7.44. The highest BCUT2D eigenvalue weighted by Crippen LogP contribution is 2.32. The Morgan fingerprint density at radius 3 is 2.48 bits per heavy atom. The summed E-state index contributed by atoms with van der Waals surface area (Å²) >= 11 is 1.25. The molecule has 1 amide bonds. The normalized spacial score (nSPS) is 13.8. The highest BCUT2D eigenvalue weighted by atomic mass is 32.2. The van der Waals surface area contributed by atoms with Crippen molar-refractivity contribution in [2.75, 3.05) is 5.32 Å². The Balaban J connectivity index is 1.53. The summed E-state index contributed by atoms with van der Waals surface area (Å²) in [5.74, 6) is -0.436. The van der Waals surface area contributed by atoms with Crippen LogP contribution in [0.4, 0.5) is 13.9 Å². The van der Waals surface area contributed by atoms with Crippen LogP contribution < -0.4 is 14.8 Å². The first kappa shape index (κ1) is 23.3. The second kappa shape index (κ2) is 9.16. The maximum absolute atomic E-state index is 12.9. The zero-order chi connectivity index (χ0) is 23.8. The van der Waals surface area contributed by atoms with Gasteiger partial charge < -0.3 is 4.74 Å². The average Bonchev–Trinajstić information content (AvgIpc) is 3.47. The SMILES string of the molecule is Cc1ccc(S(=O)(=O)NC2CC2)cc1C(=O)Nc1nc(-c2ccc(OC(F)F)cc2)c(C)s1. The van der Waals surface area contributed by atoms with Crippen LogP contribution >= 0.6 is 11.3 Å². The van der Waals surface area contributed by atoms with Crippen LogP contribution in [0.15, 0.2) is 47.4 Å². The zero-order valence-corrected chi connectivity index (χ0v) is 19.4. The Bertz CT molecular complexity index is 1290. The van der Waals surface area contributed by atoms with Gasteiger partial charge in [0.25, 0.3) is 5.91 Å². The molecule has 0 aliphatic heterocycles. The van der Waals surface area contributed by atoms with Crippen LogP contribution in [0.3, 0.4) is 0 Å². The average molecular weight is 494 g/mol. The van der Waals surface area contributed by atoms with Gasteiger partial charge in [0.05, 0.1) is 10.6 Å². The fourth-order valence-corrected chi connectivity index (χ4v) is 5.34. The van der Waals surface area contributed by atoms with E-state index in [1.54, 1.807) is 25.1 Å². The van der Waals surface area contributed by atoms with E-state index in [0.29, 0.717) is 22.0 Å². The number of rotatable bonds is 8. The van der Waals surface area contributed by atoms with Gasteiger partial charge in [-0.05, 0) is 68.7 Å². The van der Waals surface area contributed by atoms with E-state index < -0.39 is 22.5 Å². The molecule has 7 nitrogen and oxygen atoms in total. The van der Waals surface area contributed by atoms with Gasteiger partial charge in [-0.25, -0.2) is 18.1 Å². The molecule has 1 aromatic heterocycles. The molecular formula is C22H21F2N3O4S2. The number of ether oxygens (including phenoxy) is 1. The first-order chi connectivity index (χ1) is 15.6. The maximum Gasteiger partial charge on any atom is 0.387 e. The summed E-state index contributed by atoms with van der Waals surface area (Å²) < 4.78 is 56.7. The molecule has 33 heavy (non-hydrogen) atoms. The maximum atomic E-state index is 12.9. The number of anilines is 1. The van der Waals surface area contributed by atoms with Crippen LogP contribution in [0.2, 0.25) is 0 Å². The Hall–Kier alpha value is -2.89. The van der Waals surface area contributed by atoms with E-state index in [1.807, 2.05) is 6.92 Å². The number of carbonyl (C=O) groups excluding carboxylic acids is 1. The van der Waals surface area contributed by atoms with Crippen LogP contribution in [0.1, 0.15) is 33.6 Å². The lowest BCUT2D eigenvalue weighted by atomic mass is 10.1. The van der Waals surface area contributed by atoms with Crippen LogP contribution in [0.25, 0.3) is 11.3 Å². The summed E-state index contributed by atoms with van der Waals surface area (Å²) in [7, 11) is -3.69. The minimum Gasteiger partial charge on any atom is -0.435 e. The summed E-state index contributed by atoms with van der Waals surface area (Å²) in [6.07, 6.45) is 1.62. The van der Waals surface area contributed by atoms with Crippen molar-refractivity contribution in [3.8, 4) is 17.0 Å². The van der Waals surface area contributed by atoms with Gasteiger partial charge in [-0.3, -0.25) is 10.1 Å². The van der Waals surface area contributed by atoms with Crippen molar-refractivity contribution >= 4 is 32.4 Å². The molecule has 1 aliphatic carbocycles. The van der Waals surface area contributed by atoms with Crippen molar-refractivity contribution in [3.05, 3.63) is 58.5 Å². The molecule has 1 fully saturated rings. The van der Waals surface area contributed by atoms with E-state index >= 15 is 0 Å². The zero-order valence-electron chi connectivity index (χ0n) is 17.8. The molecular weight excluding hydrogens is 472 g/mol. The van der Waals surface area contributed by atoms with E-state index in [2.05, 4.69) is 19.8 Å². The number of benzene rings is 2. The van der Waals surface area contributed by atoms with Crippen molar-refractivity contribution in [3.63, 3.8) is 0 Å². The van der Waals surface area contributed by atoms with Crippen molar-refractivity contribution in [1.82, 2.24) is 9.71 Å². The molecule has 0 saturated heterocycles. The molecule has 0 spiro atoms. The third-order valence-electron chi connectivity index (χ3n) is 5.03. The first-order valence-electron chi connectivity index (χ1n) is 10.1. The predicted molar refractivity (Wildman–Crippen MR) is 121 cm³/mol.